The number of piperazine rings is 1. The number of hydrogen-bond donors (Lipinski definition) is 0. The number of carbonyl (C=O) groups excluding carboxylic acids is 1. The lowest BCUT2D eigenvalue weighted by molar-refractivity contribution is -0.135. The van der Waals surface area contributed by atoms with E-state index in [1.165, 1.54) is 11.8 Å². The molecular weight excluding hydrogens is 374 g/mol. The molecular formula is C20H25N5O2S. The van der Waals surface area contributed by atoms with Crippen molar-refractivity contribution in [2.75, 3.05) is 36.8 Å². The zero-order valence-corrected chi connectivity index (χ0v) is 17.1. The molecule has 1 fully saturated rings. The second-order valence-corrected chi connectivity index (χ2v) is 8.22. The lowest BCUT2D eigenvalue weighted by Crippen LogP contribution is -2.52. The third-order valence-electron chi connectivity index (χ3n) is 5.52. The van der Waals surface area contributed by atoms with Gasteiger partial charge in [-0.25, -0.2) is 9.97 Å². The number of carbonyl (C=O) groups is 1. The zero-order valence-electron chi connectivity index (χ0n) is 16.3. The van der Waals surface area contributed by atoms with Crippen molar-refractivity contribution in [2.24, 2.45) is 5.92 Å². The van der Waals surface area contributed by atoms with Crippen molar-refractivity contribution in [3.8, 4) is 0 Å². The van der Waals surface area contributed by atoms with Gasteiger partial charge in [0.15, 0.2) is 5.16 Å². The first-order chi connectivity index (χ1) is 13.6. The normalized spacial score (nSPS) is 19.4. The van der Waals surface area contributed by atoms with Gasteiger partial charge in [0, 0.05) is 55.9 Å². The number of amides is 1. The topological polar surface area (TPSA) is 71.3 Å². The minimum absolute atomic E-state index is 0.00923. The summed E-state index contributed by atoms with van der Waals surface area (Å²) in [5.74, 6) is 1.60. The molecule has 2 aromatic heterocycles. The Bertz CT molecular complexity index is 922. The van der Waals surface area contributed by atoms with E-state index in [0.717, 1.165) is 35.3 Å². The standard InChI is InChI=1S/C20H25N5O2S/c1-3-16-14(2)22-20-25(19(16)27)12-15(13-28-20)18(26)24-10-8-23(9-11-24)17-6-4-5-7-21-17/h4-7,15H,3,8-13H2,1-2H3/t15-/m1/s1. The molecule has 2 aliphatic rings. The van der Waals surface area contributed by atoms with E-state index >= 15 is 0 Å². The highest BCUT2D eigenvalue weighted by Gasteiger charge is 2.32. The van der Waals surface area contributed by atoms with E-state index in [0.29, 0.717) is 31.8 Å². The molecule has 2 aliphatic heterocycles. The molecule has 0 N–H and O–H groups in total. The summed E-state index contributed by atoms with van der Waals surface area (Å²) in [6.45, 7) is 7.22. The van der Waals surface area contributed by atoms with Gasteiger partial charge in [0.05, 0.1) is 5.92 Å². The minimum atomic E-state index is -0.175. The predicted octanol–water partition coefficient (Wildman–Crippen LogP) is 1.58. The number of aromatic nitrogens is 3. The van der Waals surface area contributed by atoms with E-state index in [9.17, 15) is 9.59 Å². The minimum Gasteiger partial charge on any atom is -0.353 e. The van der Waals surface area contributed by atoms with Crippen LogP contribution < -0.4 is 10.5 Å². The maximum atomic E-state index is 13.1. The summed E-state index contributed by atoms with van der Waals surface area (Å²) < 4.78 is 1.70. The molecule has 0 saturated carbocycles. The van der Waals surface area contributed by atoms with Gasteiger partial charge in [0.25, 0.3) is 5.56 Å². The van der Waals surface area contributed by atoms with E-state index in [4.69, 9.17) is 0 Å². The Morgan fingerprint density at radius 1 is 1.25 bits per heavy atom. The quantitative estimate of drug-likeness (QED) is 0.730. The number of fused-ring (bicyclic) bond motifs is 1. The first-order valence-corrected chi connectivity index (χ1v) is 10.7. The summed E-state index contributed by atoms with van der Waals surface area (Å²) in [6.07, 6.45) is 2.46. The van der Waals surface area contributed by atoms with Crippen molar-refractivity contribution in [1.82, 2.24) is 19.4 Å². The fraction of sp³-hybridized carbons (Fsp3) is 0.500. The maximum Gasteiger partial charge on any atom is 0.257 e. The van der Waals surface area contributed by atoms with Gasteiger partial charge >= 0.3 is 0 Å². The monoisotopic (exact) mass is 399 g/mol. The molecule has 0 radical (unpaired) electrons. The molecule has 0 aliphatic carbocycles. The van der Waals surface area contributed by atoms with Gasteiger partial charge in [0.2, 0.25) is 5.91 Å². The van der Waals surface area contributed by atoms with E-state index in [2.05, 4.69) is 14.9 Å². The molecule has 148 valence electrons. The molecule has 2 aromatic rings. The number of rotatable bonds is 3. The van der Waals surface area contributed by atoms with Crippen LogP contribution in [0.3, 0.4) is 0 Å². The largest absolute Gasteiger partial charge is 0.353 e. The van der Waals surface area contributed by atoms with E-state index < -0.39 is 0 Å². The summed E-state index contributed by atoms with van der Waals surface area (Å²) in [5.41, 5.74) is 1.57. The summed E-state index contributed by atoms with van der Waals surface area (Å²) in [4.78, 5) is 39.0. The molecule has 0 bridgehead atoms. The van der Waals surface area contributed by atoms with E-state index in [1.54, 1.807) is 10.8 Å². The predicted molar refractivity (Wildman–Crippen MR) is 110 cm³/mol. The van der Waals surface area contributed by atoms with Crippen LogP contribution in [-0.2, 0) is 17.8 Å². The lowest BCUT2D eigenvalue weighted by atomic mass is 10.1. The summed E-state index contributed by atoms with van der Waals surface area (Å²) >= 11 is 1.52. The highest BCUT2D eigenvalue weighted by Crippen LogP contribution is 2.27. The summed E-state index contributed by atoms with van der Waals surface area (Å²) in [6, 6.07) is 5.89. The van der Waals surface area contributed by atoms with Crippen LogP contribution in [-0.4, -0.2) is 57.3 Å². The molecule has 1 amide bonds. The molecule has 7 nitrogen and oxygen atoms in total. The number of hydrogen-bond acceptors (Lipinski definition) is 6. The maximum absolute atomic E-state index is 13.1. The third-order valence-corrected chi connectivity index (χ3v) is 6.66. The number of anilines is 1. The number of thioether (sulfide) groups is 1. The number of pyridine rings is 1. The first-order valence-electron chi connectivity index (χ1n) is 9.76. The summed E-state index contributed by atoms with van der Waals surface area (Å²) in [7, 11) is 0. The number of nitrogens with zero attached hydrogens (tertiary/aromatic N) is 5. The van der Waals surface area contributed by atoms with Crippen molar-refractivity contribution in [2.45, 2.75) is 32.0 Å². The highest BCUT2D eigenvalue weighted by atomic mass is 32.2. The molecule has 0 spiro atoms. The average molecular weight is 400 g/mol. The Kier molecular flexibility index (Phi) is 5.39. The molecule has 0 unspecified atom stereocenters. The van der Waals surface area contributed by atoms with Gasteiger partial charge in [-0.1, -0.05) is 24.8 Å². The molecule has 1 atom stereocenters. The van der Waals surface area contributed by atoms with Crippen LogP contribution in [0.4, 0.5) is 5.82 Å². The van der Waals surface area contributed by atoms with Crippen molar-refractivity contribution in [3.63, 3.8) is 0 Å². The van der Waals surface area contributed by atoms with Gasteiger partial charge in [-0.2, -0.15) is 0 Å². The van der Waals surface area contributed by atoms with Gasteiger partial charge in [0.1, 0.15) is 5.82 Å². The van der Waals surface area contributed by atoms with Crippen LogP contribution in [0, 0.1) is 12.8 Å². The van der Waals surface area contributed by atoms with Crippen LogP contribution >= 0.6 is 11.8 Å². The van der Waals surface area contributed by atoms with Crippen molar-refractivity contribution < 1.29 is 4.79 Å². The molecule has 4 heterocycles. The lowest BCUT2D eigenvalue weighted by Gasteiger charge is -2.37. The van der Waals surface area contributed by atoms with Gasteiger partial charge in [-0.15, -0.1) is 0 Å². The van der Waals surface area contributed by atoms with Crippen molar-refractivity contribution in [3.05, 3.63) is 46.0 Å². The number of aryl methyl sites for hydroxylation is 1. The van der Waals surface area contributed by atoms with Crippen LogP contribution in [0.5, 0.6) is 0 Å². The van der Waals surface area contributed by atoms with E-state index in [-0.39, 0.29) is 17.4 Å². The molecule has 28 heavy (non-hydrogen) atoms. The Hall–Kier alpha value is -2.35. The van der Waals surface area contributed by atoms with Gasteiger partial charge in [-0.3, -0.25) is 14.2 Å². The molecule has 4 rings (SSSR count). The van der Waals surface area contributed by atoms with Crippen LogP contribution in [0.25, 0.3) is 0 Å². The van der Waals surface area contributed by atoms with Crippen LogP contribution in [0.2, 0.25) is 0 Å². The Morgan fingerprint density at radius 2 is 2.04 bits per heavy atom. The van der Waals surface area contributed by atoms with Crippen molar-refractivity contribution >= 4 is 23.5 Å². The van der Waals surface area contributed by atoms with Crippen LogP contribution in [0.15, 0.2) is 34.3 Å². The van der Waals surface area contributed by atoms with Crippen molar-refractivity contribution in [1.29, 1.82) is 0 Å². The second-order valence-electron chi connectivity index (χ2n) is 7.24. The fourth-order valence-electron chi connectivity index (χ4n) is 3.91. The average Bonchev–Trinajstić information content (AvgIpc) is 2.74. The van der Waals surface area contributed by atoms with Gasteiger partial charge < -0.3 is 9.80 Å². The molecule has 1 saturated heterocycles. The fourth-order valence-corrected chi connectivity index (χ4v) is 5.02. The summed E-state index contributed by atoms with van der Waals surface area (Å²) in [5, 5.41) is 0.740. The SMILES string of the molecule is CCc1c(C)nc2n(c1=O)C[C@@H](C(=O)N1CCN(c3ccccn3)CC1)CS2. The second kappa shape index (κ2) is 7.95. The Labute approximate surface area is 168 Å². The Morgan fingerprint density at radius 3 is 2.71 bits per heavy atom. The smallest absolute Gasteiger partial charge is 0.257 e. The van der Waals surface area contributed by atoms with E-state index in [1.807, 2.05) is 36.9 Å². The third kappa shape index (κ3) is 3.53. The Balaban J connectivity index is 1.44. The van der Waals surface area contributed by atoms with Crippen LogP contribution in [0.1, 0.15) is 18.2 Å². The van der Waals surface area contributed by atoms with Gasteiger partial charge in [-0.05, 0) is 25.5 Å². The first kappa shape index (κ1) is 19.0. The zero-order chi connectivity index (χ0) is 19.7. The highest BCUT2D eigenvalue weighted by molar-refractivity contribution is 7.99. The molecule has 8 heteroatoms. The molecule has 0 aromatic carbocycles.